The average Bonchev–Trinajstić information content (AvgIpc) is 2.65. The summed E-state index contributed by atoms with van der Waals surface area (Å²) >= 11 is 0. The minimum atomic E-state index is 0.638. The molecule has 3 aromatic rings. The van der Waals surface area contributed by atoms with Crippen molar-refractivity contribution < 1.29 is 14.2 Å². The first-order valence-corrected chi connectivity index (χ1v) is 7.86. The van der Waals surface area contributed by atoms with E-state index in [2.05, 4.69) is 9.97 Å². The summed E-state index contributed by atoms with van der Waals surface area (Å²) in [4.78, 5) is 11.1. The monoisotopic (exact) mass is 339 g/mol. The average molecular weight is 339 g/mol. The van der Waals surface area contributed by atoms with Crippen molar-refractivity contribution in [3.8, 4) is 17.2 Å². The summed E-state index contributed by atoms with van der Waals surface area (Å²) in [7, 11) is 6.78. The third-order valence-electron chi connectivity index (χ3n) is 4.04. The second kappa shape index (κ2) is 6.84. The van der Waals surface area contributed by atoms with Crippen molar-refractivity contribution in [2.75, 3.05) is 33.3 Å². The van der Waals surface area contributed by atoms with Gasteiger partial charge in [-0.1, -0.05) is 12.1 Å². The molecule has 0 saturated carbocycles. The molecule has 0 N–H and O–H groups in total. The van der Waals surface area contributed by atoms with E-state index in [0.717, 1.165) is 22.4 Å². The molecule has 2 aromatic carbocycles. The molecule has 0 spiro atoms. The highest BCUT2D eigenvalue weighted by Crippen LogP contribution is 2.44. The van der Waals surface area contributed by atoms with Gasteiger partial charge in [0.1, 0.15) is 34.6 Å². The first kappa shape index (κ1) is 16.8. The van der Waals surface area contributed by atoms with Crippen LogP contribution in [0.2, 0.25) is 0 Å². The van der Waals surface area contributed by atoms with Gasteiger partial charge in [0, 0.05) is 24.6 Å². The van der Waals surface area contributed by atoms with E-state index in [1.807, 2.05) is 55.3 Å². The summed E-state index contributed by atoms with van der Waals surface area (Å²) in [5, 5.41) is 0.954. The summed E-state index contributed by atoms with van der Waals surface area (Å²) in [5.74, 6) is 3.42. The van der Waals surface area contributed by atoms with Crippen LogP contribution in [0.5, 0.6) is 17.2 Å². The Balaban J connectivity index is 2.24. The zero-order valence-corrected chi connectivity index (χ0v) is 15.0. The fraction of sp³-hybridized carbons (Fsp3) is 0.263. The Morgan fingerprint density at radius 3 is 2.12 bits per heavy atom. The van der Waals surface area contributed by atoms with Crippen LogP contribution in [0.15, 0.2) is 36.4 Å². The number of hydrogen-bond acceptors (Lipinski definition) is 6. The molecular formula is C19H21N3O3. The van der Waals surface area contributed by atoms with E-state index in [9.17, 15) is 0 Å². The highest BCUT2D eigenvalue weighted by molar-refractivity contribution is 5.93. The van der Waals surface area contributed by atoms with Crippen LogP contribution in [0, 0.1) is 6.92 Å². The Kier molecular flexibility index (Phi) is 4.61. The Morgan fingerprint density at radius 2 is 1.52 bits per heavy atom. The van der Waals surface area contributed by atoms with Gasteiger partial charge >= 0.3 is 0 Å². The maximum Gasteiger partial charge on any atom is 0.150 e. The SMILES string of the molecule is COc1cc(OC)c(N(C)c2nc(C)nc3ccccc23)c(OC)c1. The van der Waals surface area contributed by atoms with Crippen LogP contribution in [0.4, 0.5) is 11.5 Å². The van der Waals surface area contributed by atoms with Gasteiger partial charge in [0.15, 0.2) is 0 Å². The standard InChI is InChI=1S/C19H21N3O3/c1-12-20-15-9-7-6-8-14(15)19(21-12)22(2)18-16(24-4)10-13(23-3)11-17(18)25-5/h6-11H,1-5H3. The molecule has 0 saturated heterocycles. The summed E-state index contributed by atoms with van der Waals surface area (Å²) in [6, 6.07) is 11.6. The molecule has 25 heavy (non-hydrogen) atoms. The molecule has 0 aliphatic rings. The maximum atomic E-state index is 5.57. The van der Waals surface area contributed by atoms with E-state index in [0.29, 0.717) is 23.1 Å². The lowest BCUT2D eigenvalue weighted by Gasteiger charge is -2.25. The van der Waals surface area contributed by atoms with Crippen molar-refractivity contribution in [1.29, 1.82) is 0 Å². The Bertz CT molecular complexity index is 887. The molecule has 1 aromatic heterocycles. The molecule has 3 rings (SSSR count). The zero-order valence-electron chi connectivity index (χ0n) is 15.0. The van der Waals surface area contributed by atoms with Crippen molar-refractivity contribution in [2.24, 2.45) is 0 Å². The largest absolute Gasteiger partial charge is 0.496 e. The molecule has 0 atom stereocenters. The lowest BCUT2D eigenvalue weighted by molar-refractivity contribution is 0.376. The summed E-state index contributed by atoms with van der Waals surface area (Å²) in [6.07, 6.45) is 0. The van der Waals surface area contributed by atoms with Gasteiger partial charge in [-0.15, -0.1) is 0 Å². The molecule has 130 valence electrons. The van der Waals surface area contributed by atoms with Gasteiger partial charge in [-0.3, -0.25) is 0 Å². The topological polar surface area (TPSA) is 56.7 Å². The van der Waals surface area contributed by atoms with Crippen molar-refractivity contribution in [2.45, 2.75) is 6.92 Å². The second-order valence-corrected chi connectivity index (χ2v) is 5.55. The highest BCUT2D eigenvalue weighted by Gasteiger charge is 2.21. The van der Waals surface area contributed by atoms with Crippen molar-refractivity contribution in [3.05, 3.63) is 42.2 Å². The maximum absolute atomic E-state index is 5.57. The lowest BCUT2D eigenvalue weighted by Crippen LogP contribution is -2.15. The number of para-hydroxylation sites is 1. The van der Waals surface area contributed by atoms with E-state index in [1.54, 1.807) is 21.3 Å². The Morgan fingerprint density at radius 1 is 0.880 bits per heavy atom. The van der Waals surface area contributed by atoms with Gasteiger partial charge in [0.05, 0.1) is 26.8 Å². The van der Waals surface area contributed by atoms with Crippen molar-refractivity contribution in [1.82, 2.24) is 9.97 Å². The summed E-state index contributed by atoms with van der Waals surface area (Å²) in [5.41, 5.74) is 1.66. The fourth-order valence-corrected chi connectivity index (χ4v) is 2.85. The minimum absolute atomic E-state index is 0.638. The first-order chi connectivity index (χ1) is 12.1. The highest BCUT2D eigenvalue weighted by atomic mass is 16.5. The van der Waals surface area contributed by atoms with E-state index in [1.165, 1.54) is 0 Å². The molecule has 0 radical (unpaired) electrons. The molecule has 0 aliphatic carbocycles. The molecule has 0 bridgehead atoms. The number of anilines is 2. The normalized spacial score (nSPS) is 10.6. The number of rotatable bonds is 5. The van der Waals surface area contributed by atoms with Crippen molar-refractivity contribution >= 4 is 22.4 Å². The predicted molar refractivity (Wildman–Crippen MR) is 98.4 cm³/mol. The van der Waals surface area contributed by atoms with Gasteiger partial charge in [-0.2, -0.15) is 0 Å². The third kappa shape index (κ3) is 3.03. The molecule has 6 heteroatoms. The molecule has 0 fully saturated rings. The van der Waals surface area contributed by atoms with Gasteiger partial charge in [-0.05, 0) is 19.1 Å². The number of aryl methyl sites for hydroxylation is 1. The van der Waals surface area contributed by atoms with Gasteiger partial charge in [0.2, 0.25) is 0 Å². The van der Waals surface area contributed by atoms with Crippen LogP contribution in [-0.2, 0) is 0 Å². The molecule has 6 nitrogen and oxygen atoms in total. The minimum Gasteiger partial charge on any atom is -0.496 e. The fourth-order valence-electron chi connectivity index (χ4n) is 2.85. The van der Waals surface area contributed by atoms with E-state index >= 15 is 0 Å². The Labute approximate surface area is 147 Å². The van der Waals surface area contributed by atoms with E-state index < -0.39 is 0 Å². The smallest absolute Gasteiger partial charge is 0.150 e. The number of hydrogen-bond donors (Lipinski definition) is 0. The number of benzene rings is 2. The Hall–Kier alpha value is -3.02. The number of methoxy groups -OCH3 is 3. The number of ether oxygens (including phenoxy) is 3. The van der Waals surface area contributed by atoms with E-state index in [4.69, 9.17) is 14.2 Å². The quantitative estimate of drug-likeness (QED) is 0.706. The predicted octanol–water partition coefficient (Wildman–Crippen LogP) is 3.73. The van der Waals surface area contributed by atoms with Crippen LogP contribution in [0.3, 0.4) is 0 Å². The number of aromatic nitrogens is 2. The molecular weight excluding hydrogens is 318 g/mol. The number of nitrogens with zero attached hydrogens (tertiary/aromatic N) is 3. The van der Waals surface area contributed by atoms with Crippen LogP contribution in [0.25, 0.3) is 10.9 Å². The summed E-state index contributed by atoms with van der Waals surface area (Å²) in [6.45, 7) is 1.88. The van der Waals surface area contributed by atoms with E-state index in [-0.39, 0.29) is 0 Å². The number of fused-ring (bicyclic) bond motifs is 1. The van der Waals surface area contributed by atoms with Crippen LogP contribution in [0.1, 0.15) is 5.82 Å². The van der Waals surface area contributed by atoms with Gasteiger partial charge in [0.25, 0.3) is 0 Å². The van der Waals surface area contributed by atoms with Gasteiger partial charge in [-0.25, -0.2) is 9.97 Å². The molecule has 1 heterocycles. The zero-order chi connectivity index (χ0) is 18.0. The second-order valence-electron chi connectivity index (χ2n) is 5.55. The third-order valence-corrected chi connectivity index (χ3v) is 4.04. The lowest BCUT2D eigenvalue weighted by atomic mass is 10.2. The molecule has 0 unspecified atom stereocenters. The molecule has 0 aliphatic heterocycles. The first-order valence-electron chi connectivity index (χ1n) is 7.86. The summed E-state index contributed by atoms with van der Waals surface area (Å²) < 4.78 is 16.5. The molecule has 0 amide bonds. The van der Waals surface area contributed by atoms with Crippen LogP contribution < -0.4 is 19.1 Å². The van der Waals surface area contributed by atoms with Crippen LogP contribution >= 0.6 is 0 Å². The van der Waals surface area contributed by atoms with Crippen LogP contribution in [-0.4, -0.2) is 38.3 Å². The van der Waals surface area contributed by atoms with Crippen molar-refractivity contribution in [3.63, 3.8) is 0 Å². The van der Waals surface area contributed by atoms with Gasteiger partial charge < -0.3 is 19.1 Å².